The fourth-order valence-electron chi connectivity index (χ4n) is 2.92. The highest BCUT2D eigenvalue weighted by Crippen LogP contribution is 2.39. The van der Waals surface area contributed by atoms with Crippen LogP contribution in [0.15, 0.2) is 22.9 Å². The van der Waals surface area contributed by atoms with E-state index >= 15 is 0 Å². The number of pyridine rings is 1. The van der Waals surface area contributed by atoms with Gasteiger partial charge in [-0.1, -0.05) is 5.16 Å². The SMILES string of the molecule is N#Cc1ccc(N2CCC(c3noc(C4CC4)n3)CC2)nc1. The van der Waals surface area contributed by atoms with Crippen LogP contribution < -0.4 is 4.90 Å². The predicted octanol–water partition coefficient (Wildman–Crippen LogP) is 2.60. The Morgan fingerprint density at radius 3 is 2.59 bits per heavy atom. The summed E-state index contributed by atoms with van der Waals surface area (Å²) in [5.41, 5.74) is 0.595. The number of hydrogen-bond donors (Lipinski definition) is 0. The standard InChI is InChI=1S/C16H17N5O/c17-9-11-1-4-14(18-10-11)21-7-5-12(6-8-21)15-19-16(22-20-15)13-2-3-13/h1,4,10,12-13H,2-3,5-8H2. The van der Waals surface area contributed by atoms with E-state index in [0.29, 0.717) is 17.4 Å². The van der Waals surface area contributed by atoms with Crippen LogP contribution in [0.3, 0.4) is 0 Å². The molecule has 0 unspecified atom stereocenters. The highest BCUT2D eigenvalue weighted by atomic mass is 16.5. The van der Waals surface area contributed by atoms with E-state index in [1.807, 2.05) is 12.1 Å². The number of aromatic nitrogens is 3. The van der Waals surface area contributed by atoms with Crippen LogP contribution in [0.5, 0.6) is 0 Å². The van der Waals surface area contributed by atoms with Crippen LogP contribution in [0, 0.1) is 11.3 Å². The Balaban J connectivity index is 1.39. The fourth-order valence-corrected chi connectivity index (χ4v) is 2.92. The van der Waals surface area contributed by atoms with E-state index in [9.17, 15) is 0 Å². The number of hydrogen-bond acceptors (Lipinski definition) is 6. The second kappa shape index (κ2) is 5.41. The van der Waals surface area contributed by atoms with Gasteiger partial charge >= 0.3 is 0 Å². The summed E-state index contributed by atoms with van der Waals surface area (Å²) in [6.07, 6.45) is 6.01. The van der Waals surface area contributed by atoms with Crippen molar-refractivity contribution in [2.75, 3.05) is 18.0 Å². The van der Waals surface area contributed by atoms with Crippen molar-refractivity contribution in [1.82, 2.24) is 15.1 Å². The van der Waals surface area contributed by atoms with Gasteiger partial charge < -0.3 is 9.42 Å². The van der Waals surface area contributed by atoms with E-state index in [1.54, 1.807) is 6.20 Å². The van der Waals surface area contributed by atoms with E-state index in [0.717, 1.165) is 43.5 Å². The first-order valence-electron chi connectivity index (χ1n) is 7.78. The van der Waals surface area contributed by atoms with Crippen molar-refractivity contribution in [3.63, 3.8) is 0 Å². The molecule has 2 aromatic rings. The van der Waals surface area contributed by atoms with E-state index in [2.05, 4.69) is 26.1 Å². The van der Waals surface area contributed by atoms with Crippen molar-refractivity contribution in [3.8, 4) is 6.07 Å². The van der Waals surface area contributed by atoms with Crippen molar-refractivity contribution in [1.29, 1.82) is 5.26 Å². The molecule has 1 aliphatic heterocycles. The maximum absolute atomic E-state index is 8.82. The van der Waals surface area contributed by atoms with Crippen LogP contribution in [0.1, 0.15) is 54.8 Å². The number of piperidine rings is 1. The Bertz CT molecular complexity index is 690. The van der Waals surface area contributed by atoms with Gasteiger partial charge in [-0.2, -0.15) is 10.2 Å². The van der Waals surface area contributed by atoms with Gasteiger partial charge in [-0.15, -0.1) is 0 Å². The lowest BCUT2D eigenvalue weighted by Crippen LogP contribution is -2.33. The average Bonchev–Trinajstić information content (AvgIpc) is 3.32. The van der Waals surface area contributed by atoms with Gasteiger partial charge in [0.15, 0.2) is 5.82 Å². The molecule has 22 heavy (non-hydrogen) atoms. The molecule has 0 atom stereocenters. The smallest absolute Gasteiger partial charge is 0.229 e. The summed E-state index contributed by atoms with van der Waals surface area (Å²) < 4.78 is 5.36. The van der Waals surface area contributed by atoms with Crippen LogP contribution >= 0.6 is 0 Å². The van der Waals surface area contributed by atoms with Crippen LogP contribution in [0.4, 0.5) is 5.82 Å². The molecule has 0 N–H and O–H groups in total. The van der Waals surface area contributed by atoms with Gasteiger partial charge in [0.05, 0.1) is 5.56 Å². The third-order valence-corrected chi connectivity index (χ3v) is 4.45. The van der Waals surface area contributed by atoms with Crippen LogP contribution in [0.25, 0.3) is 0 Å². The molecule has 2 fully saturated rings. The number of rotatable bonds is 3. The van der Waals surface area contributed by atoms with Crippen molar-refractivity contribution >= 4 is 5.82 Å². The maximum Gasteiger partial charge on any atom is 0.229 e. The van der Waals surface area contributed by atoms with Gasteiger partial charge in [0.1, 0.15) is 11.9 Å². The molecule has 3 heterocycles. The molecule has 2 aliphatic rings. The van der Waals surface area contributed by atoms with Crippen LogP contribution in [-0.4, -0.2) is 28.2 Å². The second-order valence-electron chi connectivity index (χ2n) is 6.04. The molecule has 2 aromatic heterocycles. The highest BCUT2D eigenvalue weighted by Gasteiger charge is 2.32. The molecule has 0 amide bonds. The number of nitriles is 1. The first-order valence-corrected chi connectivity index (χ1v) is 7.78. The van der Waals surface area contributed by atoms with Crippen molar-refractivity contribution in [2.24, 2.45) is 0 Å². The monoisotopic (exact) mass is 295 g/mol. The Kier molecular flexibility index (Phi) is 3.26. The molecule has 4 rings (SSSR count). The molecule has 112 valence electrons. The Labute approximate surface area is 128 Å². The molecule has 6 heteroatoms. The Hall–Kier alpha value is -2.42. The van der Waals surface area contributed by atoms with Gasteiger partial charge in [-0.25, -0.2) is 4.98 Å². The largest absolute Gasteiger partial charge is 0.357 e. The van der Waals surface area contributed by atoms with E-state index in [1.165, 1.54) is 12.8 Å². The third kappa shape index (κ3) is 2.54. The molecule has 1 aliphatic carbocycles. The zero-order valence-corrected chi connectivity index (χ0v) is 12.3. The Morgan fingerprint density at radius 1 is 1.14 bits per heavy atom. The van der Waals surface area contributed by atoms with Crippen LogP contribution in [0.2, 0.25) is 0 Å². The van der Waals surface area contributed by atoms with Crippen molar-refractivity contribution in [2.45, 2.75) is 37.5 Å². The minimum Gasteiger partial charge on any atom is -0.357 e. The van der Waals surface area contributed by atoms with Gasteiger partial charge in [-0.3, -0.25) is 0 Å². The summed E-state index contributed by atoms with van der Waals surface area (Å²) in [5.74, 6) is 3.53. The molecule has 0 spiro atoms. The summed E-state index contributed by atoms with van der Waals surface area (Å²) >= 11 is 0. The van der Waals surface area contributed by atoms with Crippen molar-refractivity contribution in [3.05, 3.63) is 35.6 Å². The average molecular weight is 295 g/mol. The van der Waals surface area contributed by atoms with Gasteiger partial charge in [0.25, 0.3) is 0 Å². The minimum atomic E-state index is 0.380. The lowest BCUT2D eigenvalue weighted by atomic mass is 9.96. The summed E-state index contributed by atoms with van der Waals surface area (Å²) in [6.45, 7) is 1.85. The van der Waals surface area contributed by atoms with Gasteiger partial charge in [0.2, 0.25) is 5.89 Å². The van der Waals surface area contributed by atoms with E-state index in [4.69, 9.17) is 9.78 Å². The topological polar surface area (TPSA) is 78.8 Å². The van der Waals surface area contributed by atoms with Gasteiger partial charge in [0, 0.05) is 31.1 Å². The molecule has 0 bridgehead atoms. The summed E-state index contributed by atoms with van der Waals surface area (Å²) in [4.78, 5) is 11.2. The minimum absolute atomic E-state index is 0.380. The normalized spacial score (nSPS) is 19.1. The van der Waals surface area contributed by atoms with E-state index in [-0.39, 0.29) is 0 Å². The molecular formula is C16H17N5O. The Morgan fingerprint density at radius 2 is 1.95 bits per heavy atom. The molecule has 1 saturated carbocycles. The first-order chi connectivity index (χ1) is 10.8. The summed E-state index contributed by atoms with van der Waals surface area (Å²) in [6, 6.07) is 5.82. The number of nitrogens with zero attached hydrogens (tertiary/aromatic N) is 5. The van der Waals surface area contributed by atoms with Crippen molar-refractivity contribution < 1.29 is 4.52 Å². The maximum atomic E-state index is 8.82. The third-order valence-electron chi connectivity index (χ3n) is 4.45. The molecule has 1 saturated heterocycles. The first kappa shape index (κ1) is 13.3. The quantitative estimate of drug-likeness (QED) is 0.866. The lowest BCUT2D eigenvalue weighted by Gasteiger charge is -2.31. The second-order valence-corrected chi connectivity index (χ2v) is 6.04. The summed E-state index contributed by atoms with van der Waals surface area (Å²) in [5, 5.41) is 13.0. The predicted molar refractivity (Wildman–Crippen MR) is 79.4 cm³/mol. The summed E-state index contributed by atoms with van der Waals surface area (Å²) in [7, 11) is 0. The fraction of sp³-hybridized carbons (Fsp3) is 0.500. The zero-order valence-electron chi connectivity index (χ0n) is 12.3. The van der Waals surface area contributed by atoms with Crippen LogP contribution in [-0.2, 0) is 0 Å². The molecule has 0 aromatic carbocycles. The zero-order chi connectivity index (χ0) is 14.9. The highest BCUT2D eigenvalue weighted by molar-refractivity contribution is 5.42. The van der Waals surface area contributed by atoms with E-state index < -0.39 is 0 Å². The molecular weight excluding hydrogens is 278 g/mol. The number of anilines is 1. The van der Waals surface area contributed by atoms with Gasteiger partial charge in [-0.05, 0) is 37.8 Å². The molecule has 6 nitrogen and oxygen atoms in total. The lowest BCUT2D eigenvalue weighted by molar-refractivity contribution is 0.364. The molecule has 0 radical (unpaired) electrons.